The molecule has 82 heavy (non-hydrogen) atoms. The molecule has 0 aromatic carbocycles. The minimum Gasteiger partial charge on any atom is -0.462 e. The van der Waals surface area contributed by atoms with Crippen molar-refractivity contribution >= 4 is 17.9 Å². The summed E-state index contributed by atoms with van der Waals surface area (Å²) in [7, 11) is 0. The molecule has 0 amide bonds. The molecule has 1 unspecified atom stereocenters. The van der Waals surface area contributed by atoms with Crippen LogP contribution in [0, 0.1) is 0 Å². The summed E-state index contributed by atoms with van der Waals surface area (Å²) in [5.41, 5.74) is 0. The van der Waals surface area contributed by atoms with E-state index in [2.05, 4.69) is 173 Å². The van der Waals surface area contributed by atoms with E-state index in [1.54, 1.807) is 0 Å². The second-order valence-electron chi connectivity index (χ2n) is 21.6. The van der Waals surface area contributed by atoms with E-state index in [1.807, 2.05) is 6.08 Å². The van der Waals surface area contributed by atoms with Gasteiger partial charge in [0.15, 0.2) is 6.10 Å². The first-order valence-electron chi connectivity index (χ1n) is 33.5. The van der Waals surface area contributed by atoms with Crippen molar-refractivity contribution in [3.05, 3.63) is 158 Å². The summed E-state index contributed by atoms with van der Waals surface area (Å²) in [6.07, 6.45) is 99.9. The zero-order valence-electron chi connectivity index (χ0n) is 52.9. The molecular weight excluding hydrogens is 1010 g/mol. The number of unbranched alkanes of at least 4 members (excludes halogenated alkanes) is 22. The molecule has 1 atom stereocenters. The van der Waals surface area contributed by atoms with Crippen molar-refractivity contribution in [2.45, 2.75) is 290 Å². The van der Waals surface area contributed by atoms with Crippen LogP contribution < -0.4 is 0 Å². The highest BCUT2D eigenvalue weighted by Gasteiger charge is 2.19. The predicted octanol–water partition coefficient (Wildman–Crippen LogP) is 23.3. The number of carbonyl (C=O) groups is 3. The molecule has 0 bridgehead atoms. The van der Waals surface area contributed by atoms with Gasteiger partial charge in [0.1, 0.15) is 13.2 Å². The van der Waals surface area contributed by atoms with Crippen molar-refractivity contribution in [3.63, 3.8) is 0 Å². The Hall–Kier alpha value is -4.97. The zero-order chi connectivity index (χ0) is 59.2. The first-order valence-corrected chi connectivity index (χ1v) is 33.5. The third-order valence-corrected chi connectivity index (χ3v) is 13.8. The molecule has 0 N–H and O–H groups in total. The lowest BCUT2D eigenvalue weighted by Crippen LogP contribution is -2.30. The van der Waals surface area contributed by atoms with Crippen LogP contribution in [0.15, 0.2) is 158 Å². The highest BCUT2D eigenvalue weighted by molar-refractivity contribution is 5.71. The van der Waals surface area contributed by atoms with Gasteiger partial charge in [-0.15, -0.1) is 0 Å². The Morgan fingerprint density at radius 2 is 0.500 bits per heavy atom. The summed E-state index contributed by atoms with van der Waals surface area (Å²) >= 11 is 0. The SMILES string of the molecule is CC/C=C\C/C=C\C/C=C\C/C=C\C/C=C\C/C=C\CCCCCCCCCCCCCCCCC(=O)OCC(COC(=O)CCCCCCC/C=C\CCCCC)OC(=O)CC/C=C\C/C=C\C/C=C\C/C=C\C/C=C\C/C=C\CC. The summed E-state index contributed by atoms with van der Waals surface area (Å²) in [5, 5.41) is 0. The highest BCUT2D eigenvalue weighted by Crippen LogP contribution is 2.15. The Balaban J connectivity index is 4.30. The Bertz CT molecular complexity index is 1830. The van der Waals surface area contributed by atoms with E-state index < -0.39 is 12.1 Å². The van der Waals surface area contributed by atoms with Crippen LogP contribution in [-0.2, 0) is 28.6 Å². The number of ether oxygens (including phenoxy) is 3. The lowest BCUT2D eigenvalue weighted by molar-refractivity contribution is -0.166. The van der Waals surface area contributed by atoms with E-state index in [1.165, 1.54) is 109 Å². The van der Waals surface area contributed by atoms with Gasteiger partial charge in [0, 0.05) is 19.3 Å². The number of hydrogen-bond acceptors (Lipinski definition) is 6. The van der Waals surface area contributed by atoms with Crippen LogP contribution in [0.25, 0.3) is 0 Å². The van der Waals surface area contributed by atoms with Crippen LogP contribution in [-0.4, -0.2) is 37.2 Å². The molecule has 6 nitrogen and oxygen atoms in total. The molecule has 0 heterocycles. The fraction of sp³-hybridized carbons (Fsp3) is 0.618. The van der Waals surface area contributed by atoms with Gasteiger partial charge >= 0.3 is 17.9 Å². The second kappa shape index (κ2) is 68.5. The minimum absolute atomic E-state index is 0.115. The van der Waals surface area contributed by atoms with Gasteiger partial charge in [-0.05, 0) is 135 Å². The summed E-state index contributed by atoms with van der Waals surface area (Å²) in [6, 6.07) is 0. The molecular formula is C76H122O6. The summed E-state index contributed by atoms with van der Waals surface area (Å²) in [4.78, 5) is 38.3. The molecule has 0 fully saturated rings. The molecule has 0 radical (unpaired) electrons. The van der Waals surface area contributed by atoms with E-state index in [0.717, 1.165) is 128 Å². The fourth-order valence-corrected chi connectivity index (χ4v) is 8.82. The molecule has 462 valence electrons. The molecule has 0 saturated carbocycles. The van der Waals surface area contributed by atoms with Gasteiger partial charge < -0.3 is 14.2 Å². The number of allylic oxidation sites excluding steroid dienone is 26. The van der Waals surface area contributed by atoms with Gasteiger partial charge in [-0.3, -0.25) is 14.4 Å². The summed E-state index contributed by atoms with van der Waals surface area (Å²) in [6.45, 7) is 6.32. The van der Waals surface area contributed by atoms with Crippen LogP contribution in [0.1, 0.15) is 284 Å². The Kier molecular flexibility index (Phi) is 64.4. The Morgan fingerprint density at radius 1 is 0.256 bits per heavy atom. The van der Waals surface area contributed by atoms with E-state index in [0.29, 0.717) is 19.3 Å². The van der Waals surface area contributed by atoms with Crippen LogP contribution >= 0.6 is 0 Å². The second-order valence-corrected chi connectivity index (χ2v) is 21.6. The van der Waals surface area contributed by atoms with Crippen molar-refractivity contribution in [2.24, 2.45) is 0 Å². The first kappa shape index (κ1) is 77.0. The van der Waals surface area contributed by atoms with Gasteiger partial charge in [-0.1, -0.05) is 288 Å². The lowest BCUT2D eigenvalue weighted by atomic mass is 10.0. The van der Waals surface area contributed by atoms with E-state index in [4.69, 9.17) is 14.2 Å². The quantitative estimate of drug-likeness (QED) is 0.0261. The van der Waals surface area contributed by atoms with Crippen LogP contribution in [0.2, 0.25) is 0 Å². The maximum absolute atomic E-state index is 12.9. The van der Waals surface area contributed by atoms with E-state index >= 15 is 0 Å². The monoisotopic (exact) mass is 1130 g/mol. The maximum Gasteiger partial charge on any atom is 0.306 e. The summed E-state index contributed by atoms with van der Waals surface area (Å²) in [5.74, 6) is -1.01. The van der Waals surface area contributed by atoms with E-state index in [9.17, 15) is 14.4 Å². The van der Waals surface area contributed by atoms with Gasteiger partial charge in [0.05, 0.1) is 0 Å². The Morgan fingerprint density at radius 3 is 0.805 bits per heavy atom. The minimum atomic E-state index is -0.828. The average Bonchev–Trinajstić information content (AvgIpc) is 3.47. The normalized spacial score (nSPS) is 13.2. The van der Waals surface area contributed by atoms with Crippen molar-refractivity contribution in [1.29, 1.82) is 0 Å². The smallest absolute Gasteiger partial charge is 0.306 e. The number of esters is 3. The topological polar surface area (TPSA) is 78.9 Å². The third-order valence-electron chi connectivity index (χ3n) is 13.8. The largest absolute Gasteiger partial charge is 0.462 e. The van der Waals surface area contributed by atoms with Gasteiger partial charge in [-0.2, -0.15) is 0 Å². The van der Waals surface area contributed by atoms with E-state index in [-0.39, 0.29) is 31.6 Å². The van der Waals surface area contributed by atoms with Crippen LogP contribution in [0.5, 0.6) is 0 Å². The Labute approximate surface area is 505 Å². The molecule has 0 saturated heterocycles. The molecule has 6 heteroatoms. The van der Waals surface area contributed by atoms with Crippen molar-refractivity contribution in [2.75, 3.05) is 13.2 Å². The third kappa shape index (κ3) is 65.8. The molecule has 0 rings (SSSR count). The molecule has 0 aromatic heterocycles. The van der Waals surface area contributed by atoms with Gasteiger partial charge in [-0.25, -0.2) is 0 Å². The first-order chi connectivity index (χ1) is 40.5. The van der Waals surface area contributed by atoms with Gasteiger partial charge in [0.25, 0.3) is 0 Å². The molecule has 0 aliphatic rings. The average molecular weight is 1130 g/mol. The highest BCUT2D eigenvalue weighted by atomic mass is 16.6. The van der Waals surface area contributed by atoms with Crippen molar-refractivity contribution in [3.8, 4) is 0 Å². The predicted molar refractivity (Wildman–Crippen MR) is 357 cm³/mol. The molecule has 0 spiro atoms. The van der Waals surface area contributed by atoms with Crippen LogP contribution in [0.4, 0.5) is 0 Å². The number of hydrogen-bond donors (Lipinski definition) is 0. The van der Waals surface area contributed by atoms with Crippen molar-refractivity contribution in [1.82, 2.24) is 0 Å². The molecule has 0 aliphatic heterocycles. The standard InChI is InChI=1S/C76H122O6/c1-4-7-10-13-16-19-22-25-27-29-31-32-33-34-35-36-37-38-39-40-41-42-43-44-46-47-49-51-54-57-60-63-66-69-75(78)81-72-73(71-80-74(77)68-65-62-59-56-53-24-21-18-15-12-9-6-3)82-76(79)70-67-64-61-58-55-52-50-48-45-30-28-26-23-20-17-14-11-8-5-2/h7-8,10-11,16-21,25-28,31-32,34-35,37-38,45,48,52,55,61,64,73H,4-6,9,12-15,22-24,29-30,33,36,39-44,46-47,49-51,53-54,56-60,62-63,65-72H2,1-3H3/b10-7-,11-8-,19-16-,20-17-,21-18-,27-25-,28-26-,32-31-,35-34-,38-37-,48-45-,55-52-,64-61-. The number of rotatable bonds is 59. The molecule has 0 aliphatic carbocycles. The fourth-order valence-electron chi connectivity index (χ4n) is 8.82. The number of carbonyl (C=O) groups excluding carboxylic acids is 3. The summed E-state index contributed by atoms with van der Waals surface area (Å²) < 4.78 is 16.8. The lowest BCUT2D eigenvalue weighted by Gasteiger charge is -2.18. The van der Waals surface area contributed by atoms with Crippen LogP contribution in [0.3, 0.4) is 0 Å². The maximum atomic E-state index is 12.9. The van der Waals surface area contributed by atoms with Crippen molar-refractivity contribution < 1.29 is 28.6 Å². The van der Waals surface area contributed by atoms with Gasteiger partial charge in [0.2, 0.25) is 0 Å². The molecule has 0 aromatic rings. The zero-order valence-corrected chi connectivity index (χ0v) is 52.9.